The third kappa shape index (κ3) is 4.44. The number of hydrogen-bond acceptors (Lipinski definition) is 3. The van der Waals surface area contributed by atoms with E-state index in [1.54, 1.807) is 11.3 Å². The highest BCUT2D eigenvalue weighted by Crippen LogP contribution is 2.23. The first-order valence-corrected chi connectivity index (χ1v) is 8.87. The van der Waals surface area contributed by atoms with Crippen LogP contribution in [-0.2, 0) is 12.3 Å². The maximum Gasteiger partial charge on any atom is 0.0928 e. The van der Waals surface area contributed by atoms with E-state index in [0.29, 0.717) is 5.88 Å². The molecule has 19 heavy (non-hydrogen) atoms. The molecule has 0 aliphatic carbocycles. The number of thiazole rings is 1. The van der Waals surface area contributed by atoms with Crippen molar-refractivity contribution >= 4 is 22.9 Å². The Hall–Kier alpha value is -0.120. The molecule has 1 saturated heterocycles. The second kappa shape index (κ2) is 7.61. The van der Waals surface area contributed by atoms with E-state index in [1.807, 2.05) is 0 Å². The zero-order valence-corrected chi connectivity index (χ0v) is 13.6. The molecule has 0 amide bonds. The van der Waals surface area contributed by atoms with Gasteiger partial charge in [0.1, 0.15) is 0 Å². The highest BCUT2D eigenvalue weighted by molar-refractivity contribution is 7.09. The summed E-state index contributed by atoms with van der Waals surface area (Å²) in [6.07, 6.45) is 7.78. The molecule has 1 fully saturated rings. The second-order valence-corrected chi connectivity index (χ2v) is 6.90. The predicted molar refractivity (Wildman–Crippen MR) is 84.1 cm³/mol. The lowest BCUT2D eigenvalue weighted by Gasteiger charge is -2.39. The van der Waals surface area contributed by atoms with Crippen molar-refractivity contribution in [2.45, 2.75) is 70.3 Å². The van der Waals surface area contributed by atoms with Crippen LogP contribution in [0.5, 0.6) is 0 Å². The van der Waals surface area contributed by atoms with Crippen molar-refractivity contribution in [2.24, 2.45) is 0 Å². The van der Waals surface area contributed by atoms with Gasteiger partial charge in [-0.2, -0.15) is 0 Å². The number of unbranched alkanes of at least 4 members (excludes halogenated alkanes) is 1. The standard InChI is InChI=1S/C15H25ClN2S/c1-12-6-5-7-13(2)18(12)9-4-3-8-15-17-14(10-16)11-19-15/h11-13H,3-10H2,1-2H3. The van der Waals surface area contributed by atoms with Gasteiger partial charge in [0.25, 0.3) is 0 Å². The maximum atomic E-state index is 5.77. The molecule has 2 unspecified atom stereocenters. The number of alkyl halides is 1. The molecule has 0 radical (unpaired) electrons. The van der Waals surface area contributed by atoms with Crippen LogP contribution in [0.1, 0.15) is 56.7 Å². The fraction of sp³-hybridized carbons (Fsp3) is 0.800. The van der Waals surface area contributed by atoms with E-state index in [0.717, 1.165) is 24.2 Å². The van der Waals surface area contributed by atoms with Crippen molar-refractivity contribution in [3.8, 4) is 0 Å². The van der Waals surface area contributed by atoms with Gasteiger partial charge in [0.2, 0.25) is 0 Å². The van der Waals surface area contributed by atoms with Crippen LogP contribution in [-0.4, -0.2) is 28.5 Å². The average Bonchev–Trinajstić information content (AvgIpc) is 2.85. The molecule has 1 aliphatic heterocycles. The van der Waals surface area contributed by atoms with Crippen molar-refractivity contribution in [3.63, 3.8) is 0 Å². The lowest BCUT2D eigenvalue weighted by Crippen LogP contribution is -2.44. The van der Waals surface area contributed by atoms with Gasteiger partial charge in [0.15, 0.2) is 0 Å². The fourth-order valence-corrected chi connectivity index (χ4v) is 4.08. The Morgan fingerprint density at radius 2 is 2.05 bits per heavy atom. The minimum absolute atomic E-state index is 0.541. The average molecular weight is 301 g/mol. The molecular weight excluding hydrogens is 276 g/mol. The SMILES string of the molecule is CC1CCCC(C)N1CCCCc1nc(CCl)cs1. The van der Waals surface area contributed by atoms with E-state index in [9.17, 15) is 0 Å². The normalized spacial score (nSPS) is 24.8. The Kier molecular flexibility index (Phi) is 6.11. The van der Waals surface area contributed by atoms with Crippen molar-refractivity contribution in [1.82, 2.24) is 9.88 Å². The minimum Gasteiger partial charge on any atom is -0.298 e. The van der Waals surface area contributed by atoms with Gasteiger partial charge >= 0.3 is 0 Å². The topological polar surface area (TPSA) is 16.1 Å². The number of aryl methyl sites for hydroxylation is 1. The lowest BCUT2D eigenvalue weighted by molar-refractivity contribution is 0.101. The molecule has 0 saturated carbocycles. The molecule has 0 spiro atoms. The first-order chi connectivity index (χ1) is 9.20. The Balaban J connectivity index is 1.68. The first kappa shape index (κ1) is 15.3. The molecule has 0 bridgehead atoms. The summed E-state index contributed by atoms with van der Waals surface area (Å²) >= 11 is 7.52. The molecule has 2 nitrogen and oxygen atoms in total. The first-order valence-electron chi connectivity index (χ1n) is 7.45. The van der Waals surface area contributed by atoms with Gasteiger partial charge < -0.3 is 0 Å². The Bertz CT molecular complexity index is 370. The molecule has 1 aliphatic rings. The zero-order chi connectivity index (χ0) is 13.7. The number of halogens is 1. The third-order valence-electron chi connectivity index (χ3n) is 4.17. The van der Waals surface area contributed by atoms with Crippen molar-refractivity contribution < 1.29 is 0 Å². The molecule has 4 heteroatoms. The maximum absolute atomic E-state index is 5.77. The quantitative estimate of drug-likeness (QED) is 0.569. The summed E-state index contributed by atoms with van der Waals surface area (Å²) in [5, 5.41) is 3.33. The molecule has 1 aromatic rings. The van der Waals surface area contributed by atoms with Gasteiger partial charge in [-0.1, -0.05) is 6.42 Å². The summed E-state index contributed by atoms with van der Waals surface area (Å²) in [7, 11) is 0. The molecule has 108 valence electrons. The van der Waals surface area contributed by atoms with Crippen molar-refractivity contribution in [2.75, 3.05) is 6.54 Å². The molecule has 2 atom stereocenters. The summed E-state index contributed by atoms with van der Waals surface area (Å²) in [4.78, 5) is 7.21. The Morgan fingerprint density at radius 3 is 2.68 bits per heavy atom. The van der Waals surface area contributed by atoms with Crippen LogP contribution in [0, 0.1) is 0 Å². The fourth-order valence-electron chi connectivity index (χ4n) is 3.01. The number of rotatable bonds is 6. The van der Waals surface area contributed by atoms with Gasteiger partial charge in [-0.3, -0.25) is 4.90 Å². The number of nitrogens with zero attached hydrogens (tertiary/aromatic N) is 2. The predicted octanol–water partition coefficient (Wildman–Crippen LogP) is 4.47. The minimum atomic E-state index is 0.541. The van der Waals surface area contributed by atoms with Gasteiger partial charge in [0, 0.05) is 17.5 Å². The van der Waals surface area contributed by atoms with E-state index in [4.69, 9.17) is 11.6 Å². The van der Waals surface area contributed by atoms with E-state index in [1.165, 1.54) is 43.7 Å². The van der Waals surface area contributed by atoms with Crippen molar-refractivity contribution in [3.05, 3.63) is 16.1 Å². The monoisotopic (exact) mass is 300 g/mol. The Labute approximate surface area is 126 Å². The van der Waals surface area contributed by atoms with Crippen LogP contribution in [0.3, 0.4) is 0 Å². The van der Waals surface area contributed by atoms with Gasteiger partial charge in [-0.15, -0.1) is 22.9 Å². The van der Waals surface area contributed by atoms with Crippen LogP contribution in [0.2, 0.25) is 0 Å². The number of hydrogen-bond donors (Lipinski definition) is 0. The highest BCUT2D eigenvalue weighted by Gasteiger charge is 2.23. The number of likely N-dealkylation sites (tertiary alicyclic amines) is 1. The summed E-state index contributed by atoms with van der Waals surface area (Å²) in [5.74, 6) is 0.541. The van der Waals surface area contributed by atoms with Crippen LogP contribution < -0.4 is 0 Å². The number of aromatic nitrogens is 1. The molecular formula is C15H25ClN2S. The molecule has 1 aromatic heterocycles. The van der Waals surface area contributed by atoms with Crippen molar-refractivity contribution in [1.29, 1.82) is 0 Å². The van der Waals surface area contributed by atoms with E-state index < -0.39 is 0 Å². The largest absolute Gasteiger partial charge is 0.298 e. The highest BCUT2D eigenvalue weighted by atomic mass is 35.5. The van der Waals surface area contributed by atoms with Gasteiger partial charge in [0.05, 0.1) is 16.6 Å². The summed E-state index contributed by atoms with van der Waals surface area (Å²) in [6.45, 7) is 6.00. The zero-order valence-electron chi connectivity index (χ0n) is 12.1. The molecule has 2 heterocycles. The van der Waals surface area contributed by atoms with E-state index >= 15 is 0 Å². The number of piperidine rings is 1. The molecule has 0 aromatic carbocycles. The van der Waals surface area contributed by atoms with E-state index in [-0.39, 0.29) is 0 Å². The summed E-state index contributed by atoms with van der Waals surface area (Å²) in [5.41, 5.74) is 1.03. The van der Waals surface area contributed by atoms with Crippen LogP contribution in [0.15, 0.2) is 5.38 Å². The third-order valence-corrected chi connectivity index (χ3v) is 5.40. The van der Waals surface area contributed by atoms with Crippen LogP contribution in [0.4, 0.5) is 0 Å². The smallest absolute Gasteiger partial charge is 0.0928 e. The van der Waals surface area contributed by atoms with Crippen LogP contribution >= 0.6 is 22.9 Å². The van der Waals surface area contributed by atoms with Gasteiger partial charge in [-0.25, -0.2) is 4.98 Å². The van der Waals surface area contributed by atoms with E-state index in [2.05, 4.69) is 29.1 Å². The van der Waals surface area contributed by atoms with Crippen LogP contribution in [0.25, 0.3) is 0 Å². The summed E-state index contributed by atoms with van der Waals surface area (Å²) < 4.78 is 0. The molecule has 2 rings (SSSR count). The molecule has 0 N–H and O–H groups in total. The lowest BCUT2D eigenvalue weighted by atomic mass is 9.97. The Morgan fingerprint density at radius 1 is 1.32 bits per heavy atom. The second-order valence-electron chi connectivity index (χ2n) is 5.69. The van der Waals surface area contributed by atoms with Gasteiger partial charge in [-0.05, 0) is 52.5 Å². The summed E-state index contributed by atoms with van der Waals surface area (Å²) in [6, 6.07) is 1.54.